The fourth-order valence-corrected chi connectivity index (χ4v) is 2.70. The third kappa shape index (κ3) is 1.78. The summed E-state index contributed by atoms with van der Waals surface area (Å²) in [4.78, 5) is 11.5. The van der Waals surface area contributed by atoms with Crippen LogP contribution in [-0.2, 0) is 4.79 Å². The molecule has 1 atom stereocenters. The molecule has 1 saturated carbocycles. The molecule has 0 aromatic heterocycles. The van der Waals surface area contributed by atoms with Gasteiger partial charge in [-0.25, -0.2) is 0 Å². The van der Waals surface area contributed by atoms with Crippen molar-refractivity contribution in [3.05, 3.63) is 29.8 Å². The molecule has 0 unspecified atom stereocenters. The van der Waals surface area contributed by atoms with Gasteiger partial charge < -0.3 is 15.9 Å². The van der Waals surface area contributed by atoms with Gasteiger partial charge in [0.15, 0.2) is 0 Å². The second kappa shape index (κ2) is 4.37. The number of aromatic hydroxyl groups is 1. The van der Waals surface area contributed by atoms with Crippen molar-refractivity contribution in [1.29, 1.82) is 0 Å². The highest BCUT2D eigenvalue weighted by Crippen LogP contribution is 2.52. The van der Waals surface area contributed by atoms with Gasteiger partial charge in [-0.15, -0.1) is 0 Å². The molecule has 4 nitrogen and oxygen atoms in total. The maximum Gasteiger partial charge on any atom is 0.310 e. The Kier molecular flexibility index (Phi) is 3.07. The van der Waals surface area contributed by atoms with Gasteiger partial charge >= 0.3 is 5.97 Å². The molecule has 1 aliphatic rings. The van der Waals surface area contributed by atoms with Crippen LogP contribution in [-0.4, -0.2) is 22.7 Å². The molecule has 92 valence electrons. The molecule has 1 aromatic rings. The van der Waals surface area contributed by atoms with E-state index in [0.29, 0.717) is 18.4 Å². The minimum Gasteiger partial charge on any atom is -0.508 e. The minimum absolute atomic E-state index is 0.135. The van der Waals surface area contributed by atoms with Crippen LogP contribution in [0.25, 0.3) is 0 Å². The lowest BCUT2D eigenvalue weighted by atomic mass is 9.59. The van der Waals surface area contributed by atoms with Crippen LogP contribution >= 0.6 is 0 Å². The molecule has 1 fully saturated rings. The predicted octanol–water partition coefficient (Wildman–Crippen LogP) is 1.69. The van der Waals surface area contributed by atoms with E-state index in [0.717, 1.165) is 6.42 Å². The molecule has 0 spiro atoms. The van der Waals surface area contributed by atoms with Crippen LogP contribution in [0.15, 0.2) is 24.3 Å². The Morgan fingerprint density at radius 1 is 1.41 bits per heavy atom. The van der Waals surface area contributed by atoms with E-state index < -0.39 is 11.4 Å². The fourth-order valence-electron chi connectivity index (χ4n) is 2.70. The van der Waals surface area contributed by atoms with E-state index in [9.17, 15) is 15.0 Å². The first-order chi connectivity index (χ1) is 8.12. The standard InChI is InChI=1S/C13H17NO3/c14-8-10(9-4-1-2-5-11(9)15)13(12(16)17)6-3-7-13/h1-2,4-5,10,15H,3,6-8,14H2,(H,16,17)/t10-/m0/s1. The van der Waals surface area contributed by atoms with Crippen LogP contribution < -0.4 is 5.73 Å². The highest BCUT2D eigenvalue weighted by atomic mass is 16.4. The third-order valence-corrected chi connectivity index (χ3v) is 3.89. The van der Waals surface area contributed by atoms with Crippen molar-refractivity contribution in [2.24, 2.45) is 11.1 Å². The topological polar surface area (TPSA) is 83.5 Å². The molecule has 0 amide bonds. The zero-order valence-electron chi connectivity index (χ0n) is 9.60. The van der Waals surface area contributed by atoms with E-state index in [1.165, 1.54) is 0 Å². The normalized spacial score (nSPS) is 19.4. The molecular formula is C13H17NO3. The Morgan fingerprint density at radius 3 is 2.47 bits per heavy atom. The summed E-state index contributed by atoms with van der Waals surface area (Å²) in [6, 6.07) is 6.86. The number of nitrogens with two attached hydrogens (primary N) is 1. The number of benzene rings is 1. The summed E-state index contributed by atoms with van der Waals surface area (Å²) in [7, 11) is 0. The molecule has 2 rings (SSSR count). The molecule has 4 heteroatoms. The molecule has 1 aromatic carbocycles. The van der Waals surface area contributed by atoms with Crippen LogP contribution in [0, 0.1) is 5.41 Å². The predicted molar refractivity (Wildman–Crippen MR) is 63.8 cm³/mol. The van der Waals surface area contributed by atoms with Gasteiger partial charge in [-0.2, -0.15) is 0 Å². The number of carbonyl (C=O) groups is 1. The molecule has 17 heavy (non-hydrogen) atoms. The smallest absolute Gasteiger partial charge is 0.310 e. The number of carboxylic acids is 1. The number of hydrogen-bond acceptors (Lipinski definition) is 3. The third-order valence-electron chi connectivity index (χ3n) is 3.89. The van der Waals surface area contributed by atoms with Gasteiger partial charge in [-0.05, 0) is 24.5 Å². The molecular weight excluding hydrogens is 218 g/mol. The molecule has 0 bridgehead atoms. The Hall–Kier alpha value is -1.55. The first-order valence-corrected chi connectivity index (χ1v) is 5.83. The van der Waals surface area contributed by atoms with Crippen molar-refractivity contribution in [3.8, 4) is 5.75 Å². The lowest BCUT2D eigenvalue weighted by Gasteiger charge is -2.44. The van der Waals surface area contributed by atoms with Gasteiger partial charge in [0.25, 0.3) is 0 Å². The summed E-state index contributed by atoms with van der Waals surface area (Å²) in [5, 5.41) is 19.2. The number of carboxylic acid groups (broad SMARTS) is 1. The fraction of sp³-hybridized carbons (Fsp3) is 0.462. The van der Waals surface area contributed by atoms with Gasteiger partial charge in [0.2, 0.25) is 0 Å². The first kappa shape index (κ1) is 11.9. The van der Waals surface area contributed by atoms with Crippen LogP contribution in [0.4, 0.5) is 0 Å². The quantitative estimate of drug-likeness (QED) is 0.741. The van der Waals surface area contributed by atoms with E-state index in [-0.39, 0.29) is 18.2 Å². The SMILES string of the molecule is NC[C@@H](c1ccccc1O)C1(C(=O)O)CCC1. The van der Waals surface area contributed by atoms with Crippen LogP contribution in [0.5, 0.6) is 5.75 Å². The zero-order chi connectivity index (χ0) is 12.5. The van der Waals surface area contributed by atoms with E-state index in [1.54, 1.807) is 24.3 Å². The number of aliphatic carboxylic acids is 1. The van der Waals surface area contributed by atoms with E-state index in [2.05, 4.69) is 0 Å². The monoisotopic (exact) mass is 235 g/mol. The molecule has 0 radical (unpaired) electrons. The van der Waals surface area contributed by atoms with Crippen molar-refractivity contribution in [2.45, 2.75) is 25.2 Å². The maximum atomic E-state index is 11.5. The van der Waals surface area contributed by atoms with Gasteiger partial charge in [0.1, 0.15) is 5.75 Å². The van der Waals surface area contributed by atoms with Crippen molar-refractivity contribution in [3.63, 3.8) is 0 Å². The first-order valence-electron chi connectivity index (χ1n) is 5.83. The summed E-state index contributed by atoms with van der Waals surface area (Å²) in [5.41, 5.74) is 5.60. The van der Waals surface area contributed by atoms with Crippen molar-refractivity contribution < 1.29 is 15.0 Å². The summed E-state index contributed by atoms with van der Waals surface area (Å²) in [5.74, 6) is -0.979. The highest BCUT2D eigenvalue weighted by molar-refractivity contribution is 5.77. The van der Waals surface area contributed by atoms with Gasteiger partial charge in [0, 0.05) is 12.5 Å². The number of phenolic OH excluding ortho intramolecular Hbond substituents is 1. The van der Waals surface area contributed by atoms with Gasteiger partial charge in [-0.1, -0.05) is 24.6 Å². The van der Waals surface area contributed by atoms with E-state index in [4.69, 9.17) is 5.73 Å². The largest absolute Gasteiger partial charge is 0.508 e. The zero-order valence-corrected chi connectivity index (χ0v) is 9.60. The van der Waals surface area contributed by atoms with Crippen molar-refractivity contribution in [2.75, 3.05) is 6.54 Å². The summed E-state index contributed by atoms with van der Waals surface area (Å²) in [6.45, 7) is 0.240. The van der Waals surface area contributed by atoms with E-state index in [1.807, 2.05) is 0 Å². The number of rotatable bonds is 4. The molecule has 0 saturated heterocycles. The Morgan fingerprint density at radius 2 is 2.06 bits per heavy atom. The highest BCUT2D eigenvalue weighted by Gasteiger charge is 2.51. The minimum atomic E-state index is -0.803. The van der Waals surface area contributed by atoms with Gasteiger partial charge in [0.05, 0.1) is 5.41 Å². The second-order valence-electron chi connectivity index (χ2n) is 4.66. The van der Waals surface area contributed by atoms with E-state index >= 15 is 0 Å². The average Bonchev–Trinajstić information content (AvgIpc) is 2.24. The van der Waals surface area contributed by atoms with Crippen LogP contribution in [0.1, 0.15) is 30.7 Å². The Labute approximate surface area is 100 Å². The summed E-state index contributed by atoms with van der Waals surface area (Å²) >= 11 is 0. The van der Waals surface area contributed by atoms with Crippen molar-refractivity contribution in [1.82, 2.24) is 0 Å². The van der Waals surface area contributed by atoms with Crippen molar-refractivity contribution >= 4 is 5.97 Å². The molecule has 1 aliphatic carbocycles. The average molecular weight is 235 g/mol. The van der Waals surface area contributed by atoms with Crippen LogP contribution in [0.3, 0.4) is 0 Å². The number of hydrogen-bond donors (Lipinski definition) is 3. The number of para-hydroxylation sites is 1. The van der Waals surface area contributed by atoms with Gasteiger partial charge in [-0.3, -0.25) is 4.79 Å². The second-order valence-corrected chi connectivity index (χ2v) is 4.66. The molecule has 4 N–H and O–H groups in total. The molecule has 0 heterocycles. The summed E-state index contributed by atoms with van der Waals surface area (Å²) < 4.78 is 0. The lowest BCUT2D eigenvalue weighted by Crippen LogP contribution is -2.45. The maximum absolute atomic E-state index is 11.5. The molecule has 0 aliphatic heterocycles. The summed E-state index contributed by atoms with van der Waals surface area (Å²) in [6.07, 6.45) is 2.19. The number of phenols is 1. The Balaban J connectivity index is 2.40. The van der Waals surface area contributed by atoms with Crippen LogP contribution in [0.2, 0.25) is 0 Å². The Bertz CT molecular complexity index is 426. The lowest BCUT2D eigenvalue weighted by molar-refractivity contribution is -0.156.